The topological polar surface area (TPSA) is 58.6 Å². The number of nitrogens with zero attached hydrogens (tertiary/aromatic N) is 1. The van der Waals surface area contributed by atoms with Crippen LogP contribution in [0.5, 0.6) is 0 Å². The molecule has 1 aliphatic rings. The van der Waals surface area contributed by atoms with Crippen LogP contribution in [-0.4, -0.2) is 29.7 Å². The fourth-order valence-electron chi connectivity index (χ4n) is 1.66. The van der Waals surface area contributed by atoms with Gasteiger partial charge in [-0.1, -0.05) is 25.1 Å². The third kappa shape index (κ3) is 2.38. The second-order valence-corrected chi connectivity index (χ2v) is 3.82. The van der Waals surface area contributed by atoms with E-state index >= 15 is 0 Å². The summed E-state index contributed by atoms with van der Waals surface area (Å²) in [6.45, 7) is 2.26. The number of cyclic esters (lactones) is 1. The third-order valence-corrected chi connectivity index (χ3v) is 2.69. The van der Waals surface area contributed by atoms with Crippen molar-refractivity contribution < 1.29 is 14.3 Å². The van der Waals surface area contributed by atoms with Crippen molar-refractivity contribution in [1.29, 1.82) is 0 Å². The zero-order valence-corrected chi connectivity index (χ0v) is 9.55. The Balaban J connectivity index is 2.06. The number of ether oxygens (including phenoxy) is 1. The second-order valence-electron chi connectivity index (χ2n) is 3.82. The number of hydrazine groups is 1. The monoisotopic (exact) mass is 234 g/mol. The van der Waals surface area contributed by atoms with Gasteiger partial charge in [-0.05, 0) is 18.6 Å². The predicted molar refractivity (Wildman–Crippen MR) is 61.2 cm³/mol. The molecule has 17 heavy (non-hydrogen) atoms. The normalized spacial score (nSPS) is 19.0. The minimum absolute atomic E-state index is 0.0878. The van der Waals surface area contributed by atoms with Gasteiger partial charge in [0.2, 0.25) is 0 Å². The van der Waals surface area contributed by atoms with Gasteiger partial charge in [0, 0.05) is 5.56 Å². The number of nitrogens with one attached hydrogen (secondary N) is 1. The molecule has 1 saturated heterocycles. The maximum atomic E-state index is 11.8. The van der Waals surface area contributed by atoms with E-state index in [0.717, 1.165) is 6.42 Å². The summed E-state index contributed by atoms with van der Waals surface area (Å²) < 4.78 is 4.88. The van der Waals surface area contributed by atoms with Gasteiger partial charge in [-0.2, -0.15) is 0 Å². The van der Waals surface area contributed by atoms with E-state index in [9.17, 15) is 9.59 Å². The molecule has 5 heteroatoms. The largest absolute Gasteiger partial charge is 0.446 e. The lowest BCUT2D eigenvalue weighted by Crippen LogP contribution is -2.47. The Bertz CT molecular complexity index is 419. The van der Waals surface area contributed by atoms with E-state index in [4.69, 9.17) is 4.74 Å². The van der Waals surface area contributed by atoms with Crippen molar-refractivity contribution in [2.45, 2.75) is 19.4 Å². The molecule has 1 atom stereocenters. The van der Waals surface area contributed by atoms with Gasteiger partial charge in [-0.25, -0.2) is 9.80 Å². The highest BCUT2D eigenvalue weighted by Gasteiger charge is 2.33. The van der Waals surface area contributed by atoms with E-state index in [2.05, 4.69) is 5.43 Å². The lowest BCUT2D eigenvalue weighted by molar-refractivity contribution is 0.0795. The summed E-state index contributed by atoms with van der Waals surface area (Å²) in [5.74, 6) is -0.303. The molecule has 0 bridgehead atoms. The Hall–Kier alpha value is -2.04. The minimum atomic E-state index is -0.499. The predicted octanol–water partition coefficient (Wildman–Crippen LogP) is 1.56. The standard InChI is InChI=1S/C12H14N2O3/c1-2-10-8-17-12(16)14(10)13-11(15)9-6-4-3-5-7-9/h3-7,10H,2,8H2,1H3,(H,13,15). The van der Waals surface area contributed by atoms with Crippen LogP contribution in [0.2, 0.25) is 0 Å². The van der Waals surface area contributed by atoms with Gasteiger partial charge in [0.15, 0.2) is 0 Å². The molecular weight excluding hydrogens is 220 g/mol. The van der Waals surface area contributed by atoms with E-state index in [-0.39, 0.29) is 11.9 Å². The van der Waals surface area contributed by atoms with Crippen molar-refractivity contribution >= 4 is 12.0 Å². The Kier molecular flexibility index (Phi) is 3.27. The highest BCUT2D eigenvalue weighted by Crippen LogP contribution is 2.12. The number of rotatable bonds is 3. The molecule has 0 aliphatic carbocycles. The van der Waals surface area contributed by atoms with Gasteiger partial charge < -0.3 is 4.74 Å². The average Bonchev–Trinajstić information content (AvgIpc) is 2.71. The number of benzene rings is 1. The quantitative estimate of drug-likeness (QED) is 0.863. The average molecular weight is 234 g/mol. The zero-order chi connectivity index (χ0) is 12.3. The first-order valence-corrected chi connectivity index (χ1v) is 5.54. The first-order chi connectivity index (χ1) is 8.22. The zero-order valence-electron chi connectivity index (χ0n) is 9.55. The van der Waals surface area contributed by atoms with Crippen LogP contribution in [0.15, 0.2) is 30.3 Å². The molecule has 0 aromatic heterocycles. The number of hydrogen-bond donors (Lipinski definition) is 1. The summed E-state index contributed by atoms with van der Waals surface area (Å²) in [6, 6.07) is 8.67. The van der Waals surface area contributed by atoms with Gasteiger partial charge >= 0.3 is 6.09 Å². The van der Waals surface area contributed by atoms with E-state index in [1.165, 1.54) is 5.01 Å². The van der Waals surface area contributed by atoms with Crippen molar-refractivity contribution in [3.63, 3.8) is 0 Å². The molecule has 1 heterocycles. The number of carbonyl (C=O) groups is 2. The maximum absolute atomic E-state index is 11.8. The lowest BCUT2D eigenvalue weighted by Gasteiger charge is -2.20. The molecule has 1 aliphatic heterocycles. The van der Waals surface area contributed by atoms with Crippen LogP contribution in [0, 0.1) is 0 Å². The number of amides is 2. The van der Waals surface area contributed by atoms with E-state index < -0.39 is 6.09 Å². The highest BCUT2D eigenvalue weighted by molar-refractivity contribution is 5.95. The molecule has 0 radical (unpaired) electrons. The highest BCUT2D eigenvalue weighted by atomic mass is 16.6. The fraction of sp³-hybridized carbons (Fsp3) is 0.333. The molecule has 90 valence electrons. The number of hydrogen-bond acceptors (Lipinski definition) is 3. The first kappa shape index (κ1) is 11.4. The smallest absolute Gasteiger partial charge is 0.429 e. The molecule has 0 saturated carbocycles. The SMILES string of the molecule is CCC1COC(=O)N1NC(=O)c1ccccc1. The second kappa shape index (κ2) is 4.86. The Morgan fingerprint density at radius 1 is 1.47 bits per heavy atom. The number of carbonyl (C=O) groups excluding carboxylic acids is 2. The molecule has 1 unspecified atom stereocenters. The minimum Gasteiger partial charge on any atom is -0.446 e. The van der Waals surface area contributed by atoms with E-state index in [0.29, 0.717) is 12.2 Å². The molecule has 1 N–H and O–H groups in total. The van der Waals surface area contributed by atoms with Crippen molar-refractivity contribution in [3.05, 3.63) is 35.9 Å². The molecular formula is C12H14N2O3. The molecule has 1 aromatic carbocycles. The molecule has 5 nitrogen and oxygen atoms in total. The Labute approximate surface area is 99.3 Å². The van der Waals surface area contributed by atoms with Crippen molar-refractivity contribution in [2.75, 3.05) is 6.61 Å². The lowest BCUT2D eigenvalue weighted by atomic mass is 10.2. The van der Waals surface area contributed by atoms with Crippen LogP contribution < -0.4 is 5.43 Å². The van der Waals surface area contributed by atoms with Crippen molar-refractivity contribution in [3.8, 4) is 0 Å². The van der Waals surface area contributed by atoms with E-state index in [1.807, 2.05) is 13.0 Å². The summed E-state index contributed by atoms with van der Waals surface area (Å²) in [5.41, 5.74) is 3.08. The van der Waals surface area contributed by atoms with Crippen molar-refractivity contribution in [1.82, 2.24) is 10.4 Å². The third-order valence-electron chi connectivity index (χ3n) is 2.69. The Morgan fingerprint density at radius 2 is 2.18 bits per heavy atom. The summed E-state index contributed by atoms with van der Waals surface area (Å²) in [7, 11) is 0. The van der Waals surface area contributed by atoms with Crippen LogP contribution in [0.4, 0.5) is 4.79 Å². The van der Waals surface area contributed by atoms with Gasteiger partial charge in [-0.3, -0.25) is 10.2 Å². The van der Waals surface area contributed by atoms with Gasteiger partial charge in [0.05, 0.1) is 6.04 Å². The Morgan fingerprint density at radius 3 is 2.82 bits per heavy atom. The summed E-state index contributed by atoms with van der Waals surface area (Å²) >= 11 is 0. The first-order valence-electron chi connectivity index (χ1n) is 5.54. The summed E-state index contributed by atoms with van der Waals surface area (Å²) in [5, 5.41) is 1.26. The van der Waals surface area contributed by atoms with Crippen LogP contribution in [0.1, 0.15) is 23.7 Å². The van der Waals surface area contributed by atoms with Crippen LogP contribution in [0.25, 0.3) is 0 Å². The summed E-state index contributed by atoms with van der Waals surface area (Å²) in [6.07, 6.45) is 0.238. The fourth-order valence-corrected chi connectivity index (χ4v) is 1.66. The van der Waals surface area contributed by atoms with E-state index in [1.54, 1.807) is 24.3 Å². The van der Waals surface area contributed by atoms with Crippen molar-refractivity contribution in [2.24, 2.45) is 0 Å². The van der Waals surface area contributed by atoms with Gasteiger partial charge in [0.1, 0.15) is 6.61 Å². The maximum Gasteiger partial charge on any atom is 0.429 e. The molecule has 0 spiro atoms. The van der Waals surface area contributed by atoms with Crippen LogP contribution in [0.3, 0.4) is 0 Å². The van der Waals surface area contributed by atoms with Gasteiger partial charge in [-0.15, -0.1) is 0 Å². The van der Waals surface area contributed by atoms with Crippen LogP contribution in [-0.2, 0) is 4.74 Å². The molecule has 2 amide bonds. The van der Waals surface area contributed by atoms with Crippen LogP contribution >= 0.6 is 0 Å². The van der Waals surface area contributed by atoms with Gasteiger partial charge in [0.25, 0.3) is 5.91 Å². The molecule has 1 fully saturated rings. The summed E-state index contributed by atoms with van der Waals surface area (Å²) in [4.78, 5) is 23.2. The molecule has 1 aromatic rings. The molecule has 2 rings (SSSR count).